The van der Waals surface area contributed by atoms with Gasteiger partial charge in [-0.2, -0.15) is 13.2 Å². The van der Waals surface area contributed by atoms with E-state index >= 15 is 0 Å². The zero-order valence-electron chi connectivity index (χ0n) is 9.25. The number of nitrogens with one attached hydrogen (secondary N) is 1. The maximum absolute atomic E-state index is 11.9. The summed E-state index contributed by atoms with van der Waals surface area (Å²) in [6.45, 7) is 0. The quantitative estimate of drug-likeness (QED) is 0.879. The molecule has 0 bridgehead atoms. The average molecular weight is 248 g/mol. The lowest BCUT2D eigenvalue weighted by atomic mass is 10.4. The first kappa shape index (κ1) is 13.2. The number of hydrogen-bond acceptors (Lipinski definition) is 4. The van der Waals surface area contributed by atoms with Gasteiger partial charge in [0.2, 0.25) is 11.9 Å². The normalized spacial score (nSPS) is 11.1. The van der Waals surface area contributed by atoms with Crippen LogP contribution in [0.2, 0.25) is 0 Å². The van der Waals surface area contributed by atoms with Crippen LogP contribution in [0, 0.1) is 0 Å². The van der Waals surface area contributed by atoms with Crippen molar-refractivity contribution in [2.24, 2.45) is 0 Å². The number of carbonyl (C=O) groups is 1. The van der Waals surface area contributed by atoms with Crippen LogP contribution >= 0.6 is 0 Å². The summed E-state index contributed by atoms with van der Waals surface area (Å²) in [5, 5.41) is 2.06. The lowest BCUT2D eigenvalue weighted by Gasteiger charge is -2.10. The fraction of sp³-hybridized carbons (Fsp3) is 0.444. The fourth-order valence-electron chi connectivity index (χ4n) is 1.00. The summed E-state index contributed by atoms with van der Waals surface area (Å²) in [5.41, 5.74) is 0.129. The predicted molar refractivity (Wildman–Crippen MR) is 55.7 cm³/mol. The van der Waals surface area contributed by atoms with Crippen LogP contribution < -0.4 is 10.2 Å². The lowest BCUT2D eigenvalue weighted by Crippen LogP contribution is -2.21. The van der Waals surface area contributed by atoms with Gasteiger partial charge in [-0.15, -0.1) is 0 Å². The Bertz CT molecular complexity index is 388. The first-order chi connectivity index (χ1) is 7.78. The Morgan fingerprint density at radius 1 is 1.35 bits per heavy atom. The molecule has 0 radical (unpaired) electrons. The Hall–Kier alpha value is -1.86. The second kappa shape index (κ2) is 4.98. The minimum absolute atomic E-state index is 0.129. The van der Waals surface area contributed by atoms with Gasteiger partial charge in [0.1, 0.15) is 6.42 Å². The number of rotatable bonds is 3. The topological polar surface area (TPSA) is 58.1 Å². The molecule has 0 spiro atoms. The zero-order valence-corrected chi connectivity index (χ0v) is 9.25. The van der Waals surface area contributed by atoms with Crippen molar-refractivity contribution in [2.75, 3.05) is 24.3 Å². The van der Waals surface area contributed by atoms with E-state index in [1.54, 1.807) is 19.0 Å². The summed E-state index contributed by atoms with van der Waals surface area (Å²) in [5.74, 6) is -0.738. The van der Waals surface area contributed by atoms with Gasteiger partial charge in [-0.05, 0) is 0 Å². The van der Waals surface area contributed by atoms with Gasteiger partial charge in [0.15, 0.2) is 0 Å². The molecular formula is C9H11F3N4O. The first-order valence-electron chi connectivity index (χ1n) is 4.64. The van der Waals surface area contributed by atoms with Crippen molar-refractivity contribution >= 4 is 17.5 Å². The average Bonchev–Trinajstić information content (AvgIpc) is 2.15. The van der Waals surface area contributed by atoms with Gasteiger partial charge in [0.05, 0.1) is 18.1 Å². The summed E-state index contributed by atoms with van der Waals surface area (Å²) in [6.07, 6.45) is -3.55. The highest BCUT2D eigenvalue weighted by molar-refractivity contribution is 5.90. The van der Waals surface area contributed by atoms with Crippen molar-refractivity contribution in [3.8, 4) is 0 Å². The molecule has 1 aromatic rings. The number of hydrogen-bond donors (Lipinski definition) is 1. The van der Waals surface area contributed by atoms with Crippen LogP contribution in [0.4, 0.5) is 24.8 Å². The summed E-state index contributed by atoms with van der Waals surface area (Å²) in [7, 11) is 3.44. The minimum atomic E-state index is -4.52. The molecule has 1 rings (SSSR count). The predicted octanol–water partition coefficient (Wildman–Crippen LogP) is 1.43. The van der Waals surface area contributed by atoms with Crippen molar-refractivity contribution in [3.63, 3.8) is 0 Å². The molecule has 94 valence electrons. The molecule has 1 amide bonds. The van der Waals surface area contributed by atoms with Gasteiger partial charge in [-0.25, -0.2) is 9.97 Å². The monoisotopic (exact) mass is 248 g/mol. The largest absolute Gasteiger partial charge is 0.397 e. The standard InChI is InChI=1S/C9H11F3N4O/c1-16(2)8-13-4-6(5-14-8)15-7(17)3-9(10,11)12/h4-5H,3H2,1-2H3,(H,15,17). The Kier molecular flexibility index (Phi) is 3.87. The molecule has 0 atom stereocenters. The molecule has 0 aliphatic carbocycles. The van der Waals surface area contributed by atoms with Gasteiger partial charge in [-0.3, -0.25) is 4.79 Å². The molecule has 1 heterocycles. The third-order valence-corrected chi connectivity index (χ3v) is 1.68. The van der Waals surface area contributed by atoms with Gasteiger partial charge >= 0.3 is 6.18 Å². The maximum atomic E-state index is 11.9. The van der Waals surface area contributed by atoms with E-state index in [4.69, 9.17) is 0 Å². The minimum Gasteiger partial charge on any atom is -0.347 e. The molecule has 17 heavy (non-hydrogen) atoms. The van der Waals surface area contributed by atoms with Crippen LogP contribution in [0.15, 0.2) is 12.4 Å². The zero-order chi connectivity index (χ0) is 13.1. The number of carbonyl (C=O) groups excluding carboxylic acids is 1. The van der Waals surface area contributed by atoms with Gasteiger partial charge in [0, 0.05) is 14.1 Å². The summed E-state index contributed by atoms with van der Waals surface area (Å²) >= 11 is 0. The van der Waals surface area contributed by atoms with Gasteiger partial charge < -0.3 is 10.2 Å². The number of aromatic nitrogens is 2. The lowest BCUT2D eigenvalue weighted by molar-refractivity contribution is -0.150. The molecule has 8 heteroatoms. The van der Waals surface area contributed by atoms with E-state index in [-0.39, 0.29) is 5.69 Å². The van der Waals surface area contributed by atoms with Gasteiger partial charge in [0.25, 0.3) is 0 Å². The van der Waals surface area contributed by atoms with E-state index in [9.17, 15) is 18.0 Å². The van der Waals surface area contributed by atoms with E-state index < -0.39 is 18.5 Å². The van der Waals surface area contributed by atoms with Crippen molar-refractivity contribution in [1.82, 2.24) is 9.97 Å². The van der Waals surface area contributed by atoms with Crippen LogP contribution in [0.25, 0.3) is 0 Å². The van der Waals surface area contributed by atoms with Crippen molar-refractivity contribution in [3.05, 3.63) is 12.4 Å². The SMILES string of the molecule is CN(C)c1ncc(NC(=O)CC(F)(F)F)cn1. The molecule has 0 fully saturated rings. The highest BCUT2D eigenvalue weighted by atomic mass is 19.4. The summed E-state index contributed by atoms with van der Waals surface area (Å²) < 4.78 is 35.6. The third-order valence-electron chi connectivity index (χ3n) is 1.68. The molecule has 0 aliphatic rings. The molecular weight excluding hydrogens is 237 g/mol. The van der Waals surface area contributed by atoms with Gasteiger partial charge in [-0.1, -0.05) is 0 Å². The Labute approximate surface area is 95.7 Å². The van der Waals surface area contributed by atoms with Crippen LogP contribution in [0.5, 0.6) is 0 Å². The molecule has 0 unspecified atom stereocenters. The van der Waals surface area contributed by atoms with E-state index in [1.807, 2.05) is 0 Å². The molecule has 0 aromatic carbocycles. The molecule has 0 saturated heterocycles. The number of nitrogens with zero attached hydrogens (tertiary/aromatic N) is 3. The number of amides is 1. The summed E-state index contributed by atoms with van der Waals surface area (Å²) in [6, 6.07) is 0. The third kappa shape index (κ3) is 4.66. The number of anilines is 2. The molecule has 0 aliphatic heterocycles. The second-order valence-corrected chi connectivity index (χ2v) is 3.51. The number of alkyl halides is 3. The maximum Gasteiger partial charge on any atom is 0.397 e. The highest BCUT2D eigenvalue weighted by Gasteiger charge is 2.31. The second-order valence-electron chi connectivity index (χ2n) is 3.51. The van der Waals surface area contributed by atoms with Crippen molar-refractivity contribution in [1.29, 1.82) is 0 Å². The fourth-order valence-corrected chi connectivity index (χ4v) is 1.00. The highest BCUT2D eigenvalue weighted by Crippen LogP contribution is 2.20. The summed E-state index contributed by atoms with van der Waals surface area (Å²) in [4.78, 5) is 20.3. The van der Waals surface area contributed by atoms with E-state index in [1.165, 1.54) is 12.4 Å². The van der Waals surface area contributed by atoms with Crippen LogP contribution in [0.3, 0.4) is 0 Å². The van der Waals surface area contributed by atoms with Crippen molar-refractivity contribution in [2.45, 2.75) is 12.6 Å². The molecule has 1 N–H and O–H groups in total. The van der Waals surface area contributed by atoms with Crippen LogP contribution in [-0.2, 0) is 4.79 Å². The van der Waals surface area contributed by atoms with Crippen LogP contribution in [0.1, 0.15) is 6.42 Å². The molecule has 5 nitrogen and oxygen atoms in total. The van der Waals surface area contributed by atoms with E-state index in [2.05, 4.69) is 15.3 Å². The van der Waals surface area contributed by atoms with Crippen LogP contribution in [-0.4, -0.2) is 36.1 Å². The van der Waals surface area contributed by atoms with E-state index in [0.29, 0.717) is 5.95 Å². The Morgan fingerprint density at radius 2 is 1.88 bits per heavy atom. The van der Waals surface area contributed by atoms with Crippen molar-refractivity contribution < 1.29 is 18.0 Å². The molecule has 1 aromatic heterocycles. The Balaban J connectivity index is 2.61. The number of halogens is 3. The molecule has 0 saturated carbocycles. The van der Waals surface area contributed by atoms with E-state index in [0.717, 1.165) is 0 Å². The smallest absolute Gasteiger partial charge is 0.347 e. The Morgan fingerprint density at radius 3 is 2.29 bits per heavy atom. The first-order valence-corrected chi connectivity index (χ1v) is 4.64.